The molecule has 5 nitrogen and oxygen atoms in total. The molecule has 2 aromatic rings. The second-order valence-corrected chi connectivity index (χ2v) is 5.10. The lowest BCUT2D eigenvalue weighted by molar-refractivity contribution is 0.0996. The predicted molar refractivity (Wildman–Crippen MR) is 80.5 cm³/mol. The van der Waals surface area contributed by atoms with Crippen LogP contribution in [0.4, 0.5) is 0 Å². The van der Waals surface area contributed by atoms with Crippen LogP contribution in [-0.4, -0.2) is 11.0 Å². The van der Waals surface area contributed by atoms with E-state index in [2.05, 4.69) is 6.92 Å². The number of aryl methyl sites for hydroxylation is 1. The quantitative estimate of drug-likeness (QED) is 0.631. The number of aromatic hydroxyl groups is 1. The van der Waals surface area contributed by atoms with Gasteiger partial charge in [-0.2, -0.15) is 0 Å². The molecule has 0 unspecified atom stereocenters. The van der Waals surface area contributed by atoms with Crippen LogP contribution in [0.15, 0.2) is 27.4 Å². The zero-order valence-electron chi connectivity index (χ0n) is 12.0. The number of nitrogens with two attached hydrogens (primary N) is 1. The smallest absolute Gasteiger partial charge is 0.349 e. The molecule has 0 fully saturated rings. The van der Waals surface area contributed by atoms with Crippen molar-refractivity contribution in [3.63, 3.8) is 0 Å². The van der Waals surface area contributed by atoms with Crippen LogP contribution in [0.3, 0.4) is 0 Å². The second kappa shape index (κ2) is 6.43. The molecule has 0 saturated carbocycles. The van der Waals surface area contributed by atoms with Crippen molar-refractivity contribution in [1.29, 1.82) is 0 Å². The maximum absolute atomic E-state index is 11.9. The topological polar surface area (TPSA) is 93.5 Å². The number of hydrogen-bond donors (Lipinski definition) is 2. The van der Waals surface area contributed by atoms with Gasteiger partial charge < -0.3 is 15.3 Å². The minimum Gasteiger partial charge on any atom is -0.508 e. The monoisotopic (exact) mass is 289 g/mol. The van der Waals surface area contributed by atoms with E-state index in [4.69, 9.17) is 10.2 Å². The first-order valence-corrected chi connectivity index (χ1v) is 7.13. The number of carbonyl (C=O) groups excluding carboxylic acids is 1. The van der Waals surface area contributed by atoms with Gasteiger partial charge in [0.2, 0.25) is 0 Å². The zero-order valence-corrected chi connectivity index (χ0v) is 12.0. The number of carbonyl (C=O) groups is 1. The fourth-order valence-electron chi connectivity index (χ4n) is 2.49. The SMILES string of the molecule is CCCCCCc1c(C(N)=O)c(=O)oc2cc(O)ccc12. The van der Waals surface area contributed by atoms with Crippen LogP contribution in [-0.2, 0) is 6.42 Å². The normalized spacial score (nSPS) is 10.9. The summed E-state index contributed by atoms with van der Waals surface area (Å²) in [6.07, 6.45) is 4.69. The van der Waals surface area contributed by atoms with Gasteiger partial charge in [0.25, 0.3) is 5.91 Å². The molecule has 5 heteroatoms. The number of phenols is 1. The molecule has 0 aliphatic rings. The van der Waals surface area contributed by atoms with Crippen LogP contribution in [0, 0.1) is 0 Å². The van der Waals surface area contributed by atoms with Crippen molar-refractivity contribution in [1.82, 2.24) is 0 Å². The molecular formula is C16H19NO4. The van der Waals surface area contributed by atoms with Gasteiger partial charge in [0, 0.05) is 11.5 Å². The maximum Gasteiger partial charge on any atom is 0.349 e. The molecule has 3 N–H and O–H groups in total. The van der Waals surface area contributed by atoms with Crippen molar-refractivity contribution in [2.24, 2.45) is 5.73 Å². The summed E-state index contributed by atoms with van der Waals surface area (Å²) in [4.78, 5) is 23.5. The Labute approximate surface area is 122 Å². The highest BCUT2D eigenvalue weighted by atomic mass is 16.4. The first kappa shape index (κ1) is 15.1. The Morgan fingerprint density at radius 3 is 2.71 bits per heavy atom. The van der Waals surface area contributed by atoms with Crippen molar-refractivity contribution in [3.05, 3.63) is 39.7 Å². The lowest BCUT2D eigenvalue weighted by Gasteiger charge is -2.09. The molecule has 0 aliphatic heterocycles. The fourth-order valence-corrected chi connectivity index (χ4v) is 2.49. The van der Waals surface area contributed by atoms with E-state index in [0.717, 1.165) is 25.7 Å². The molecule has 1 aromatic carbocycles. The molecule has 0 atom stereocenters. The third-order valence-electron chi connectivity index (χ3n) is 3.53. The summed E-state index contributed by atoms with van der Waals surface area (Å²) in [6.45, 7) is 2.12. The van der Waals surface area contributed by atoms with Gasteiger partial charge in [0.15, 0.2) is 0 Å². The Morgan fingerprint density at radius 2 is 2.05 bits per heavy atom. The van der Waals surface area contributed by atoms with Gasteiger partial charge >= 0.3 is 5.63 Å². The molecule has 0 bridgehead atoms. The summed E-state index contributed by atoms with van der Waals surface area (Å²) in [5.41, 5.74) is 5.38. The molecule has 21 heavy (non-hydrogen) atoms. The van der Waals surface area contributed by atoms with E-state index in [1.807, 2.05) is 0 Å². The van der Waals surface area contributed by atoms with Crippen LogP contribution >= 0.6 is 0 Å². The summed E-state index contributed by atoms with van der Waals surface area (Å²) >= 11 is 0. The lowest BCUT2D eigenvalue weighted by atomic mass is 9.98. The van der Waals surface area contributed by atoms with Crippen molar-refractivity contribution < 1.29 is 14.3 Å². The van der Waals surface area contributed by atoms with Gasteiger partial charge in [-0.3, -0.25) is 4.79 Å². The zero-order chi connectivity index (χ0) is 15.4. The predicted octanol–water partition coefficient (Wildman–Crippen LogP) is 2.72. The van der Waals surface area contributed by atoms with E-state index in [1.54, 1.807) is 6.07 Å². The van der Waals surface area contributed by atoms with Crippen LogP contribution < -0.4 is 11.4 Å². The number of primary amides is 1. The molecule has 2 rings (SSSR count). The average Bonchev–Trinajstić information content (AvgIpc) is 2.42. The lowest BCUT2D eigenvalue weighted by Crippen LogP contribution is -2.24. The molecule has 0 aliphatic carbocycles. The van der Waals surface area contributed by atoms with Gasteiger partial charge in [-0.15, -0.1) is 0 Å². The first-order chi connectivity index (χ1) is 10.0. The average molecular weight is 289 g/mol. The van der Waals surface area contributed by atoms with E-state index in [1.165, 1.54) is 12.1 Å². The van der Waals surface area contributed by atoms with Gasteiger partial charge in [-0.05, 0) is 30.5 Å². The number of rotatable bonds is 6. The largest absolute Gasteiger partial charge is 0.508 e. The number of benzene rings is 1. The fraction of sp³-hybridized carbons (Fsp3) is 0.375. The molecule has 1 amide bonds. The number of phenolic OH excluding ortho intramolecular Hbond substituents is 1. The minimum atomic E-state index is -0.774. The third kappa shape index (κ3) is 3.24. The van der Waals surface area contributed by atoms with E-state index in [-0.39, 0.29) is 16.9 Å². The minimum absolute atomic E-state index is 0.00871. The highest BCUT2D eigenvalue weighted by Crippen LogP contribution is 2.25. The summed E-state index contributed by atoms with van der Waals surface area (Å²) in [7, 11) is 0. The van der Waals surface area contributed by atoms with Crippen molar-refractivity contribution in [2.75, 3.05) is 0 Å². The Kier molecular flexibility index (Phi) is 4.62. The molecule has 1 aromatic heterocycles. The first-order valence-electron chi connectivity index (χ1n) is 7.13. The molecule has 1 heterocycles. The Morgan fingerprint density at radius 1 is 1.29 bits per heavy atom. The number of fused-ring (bicyclic) bond motifs is 1. The van der Waals surface area contributed by atoms with Crippen molar-refractivity contribution in [3.8, 4) is 5.75 Å². The highest BCUT2D eigenvalue weighted by molar-refractivity contribution is 5.98. The summed E-state index contributed by atoms with van der Waals surface area (Å²) in [5, 5.41) is 10.1. The molecule has 112 valence electrons. The maximum atomic E-state index is 11.9. The molecule has 0 radical (unpaired) electrons. The number of unbranched alkanes of at least 4 members (excludes halogenated alkanes) is 3. The second-order valence-electron chi connectivity index (χ2n) is 5.10. The van der Waals surface area contributed by atoms with Gasteiger partial charge in [-0.1, -0.05) is 26.2 Å². The van der Waals surface area contributed by atoms with Gasteiger partial charge in [-0.25, -0.2) is 4.79 Å². The van der Waals surface area contributed by atoms with Crippen molar-refractivity contribution >= 4 is 16.9 Å². The van der Waals surface area contributed by atoms with Crippen LogP contribution in [0.2, 0.25) is 0 Å². The molecular weight excluding hydrogens is 270 g/mol. The van der Waals surface area contributed by atoms with Gasteiger partial charge in [0.1, 0.15) is 16.9 Å². The summed E-state index contributed by atoms with van der Waals surface area (Å²) < 4.78 is 5.09. The van der Waals surface area contributed by atoms with Crippen molar-refractivity contribution in [2.45, 2.75) is 39.0 Å². The van der Waals surface area contributed by atoms with E-state index in [9.17, 15) is 14.7 Å². The number of hydrogen-bond acceptors (Lipinski definition) is 4. The Balaban J connectivity index is 2.53. The summed E-state index contributed by atoms with van der Waals surface area (Å²) in [6, 6.07) is 4.52. The Hall–Kier alpha value is -2.30. The molecule has 0 spiro atoms. The van der Waals surface area contributed by atoms with Crippen LogP contribution in [0.5, 0.6) is 5.75 Å². The number of amides is 1. The van der Waals surface area contributed by atoms with E-state index < -0.39 is 11.5 Å². The standard InChI is InChI=1S/C16H19NO4/c1-2-3-4-5-6-12-11-8-7-10(18)9-13(11)21-16(20)14(12)15(17)19/h7-9,18H,2-6H2,1H3,(H2,17,19). The molecule has 0 saturated heterocycles. The van der Waals surface area contributed by atoms with Crippen LogP contribution in [0.1, 0.15) is 48.5 Å². The highest BCUT2D eigenvalue weighted by Gasteiger charge is 2.18. The third-order valence-corrected chi connectivity index (χ3v) is 3.53. The Bertz CT molecular complexity index is 718. The van der Waals surface area contributed by atoms with Crippen LogP contribution in [0.25, 0.3) is 11.0 Å². The van der Waals surface area contributed by atoms with E-state index in [0.29, 0.717) is 17.4 Å². The summed E-state index contributed by atoms with van der Waals surface area (Å²) in [5.74, 6) is -0.765. The van der Waals surface area contributed by atoms with E-state index >= 15 is 0 Å². The van der Waals surface area contributed by atoms with Gasteiger partial charge in [0.05, 0.1) is 0 Å².